The summed E-state index contributed by atoms with van der Waals surface area (Å²) in [6, 6.07) is 5.78. The third kappa shape index (κ3) is 5.53. The Kier molecular flexibility index (Phi) is 6.34. The van der Waals surface area contributed by atoms with Crippen molar-refractivity contribution < 1.29 is 4.79 Å². The molecule has 0 aliphatic rings. The predicted octanol–water partition coefficient (Wildman–Crippen LogP) is 4.53. The molecule has 19 heavy (non-hydrogen) atoms. The lowest BCUT2D eigenvalue weighted by Crippen LogP contribution is -2.34. The fourth-order valence-electron chi connectivity index (χ4n) is 1.86. The van der Waals surface area contributed by atoms with E-state index in [1.165, 1.54) is 0 Å². The second kappa shape index (κ2) is 7.30. The Morgan fingerprint density at radius 1 is 1.42 bits per heavy atom. The molecule has 0 aliphatic heterocycles. The molecule has 0 aliphatic carbocycles. The van der Waals surface area contributed by atoms with Gasteiger partial charge in [0.1, 0.15) is 0 Å². The summed E-state index contributed by atoms with van der Waals surface area (Å²) < 4.78 is 0.828. The monoisotopic (exact) mass is 345 g/mol. The molecule has 1 aromatic carbocycles. The van der Waals surface area contributed by atoms with Crippen LogP contribution in [0.25, 0.3) is 0 Å². The van der Waals surface area contributed by atoms with Gasteiger partial charge in [0.05, 0.1) is 5.56 Å². The number of carbonyl (C=O) groups is 1. The van der Waals surface area contributed by atoms with Gasteiger partial charge in [-0.05, 0) is 53.2 Å². The van der Waals surface area contributed by atoms with Crippen LogP contribution < -0.4 is 5.32 Å². The fourth-order valence-corrected chi connectivity index (χ4v) is 2.42. The van der Waals surface area contributed by atoms with Crippen LogP contribution in [0.4, 0.5) is 0 Å². The molecule has 0 saturated carbocycles. The molecule has 106 valence electrons. The molecule has 1 aromatic rings. The molecule has 0 heterocycles. The van der Waals surface area contributed by atoms with Gasteiger partial charge in [0, 0.05) is 16.9 Å². The maximum absolute atomic E-state index is 12.2. The van der Waals surface area contributed by atoms with Crippen molar-refractivity contribution in [2.75, 3.05) is 12.4 Å². The summed E-state index contributed by atoms with van der Waals surface area (Å²) in [5, 5.41) is 3.00. The number of rotatable bonds is 6. The maximum Gasteiger partial charge on any atom is 0.252 e. The van der Waals surface area contributed by atoms with Crippen LogP contribution in [0.1, 0.15) is 42.6 Å². The van der Waals surface area contributed by atoms with Gasteiger partial charge in [-0.2, -0.15) is 0 Å². The van der Waals surface area contributed by atoms with Crippen LogP contribution in [0, 0.1) is 12.3 Å². The largest absolute Gasteiger partial charge is 0.351 e. The van der Waals surface area contributed by atoms with Crippen LogP contribution in [0.2, 0.25) is 0 Å². The molecular formula is C15H21BrClNO. The number of hydrogen-bond donors (Lipinski definition) is 1. The van der Waals surface area contributed by atoms with Crippen LogP contribution in [0.5, 0.6) is 0 Å². The maximum atomic E-state index is 12.2. The standard InChI is InChI=1S/C15H21BrClNO/c1-11-5-6-13(16)12(9-11)14(19)18-10-15(2,3)7-4-8-17/h5-6,9H,4,7-8,10H2,1-3H3,(H,18,19). The van der Waals surface area contributed by atoms with Gasteiger partial charge in [-0.1, -0.05) is 25.5 Å². The third-order valence-corrected chi connectivity index (χ3v) is 4.04. The van der Waals surface area contributed by atoms with E-state index in [1.807, 2.05) is 25.1 Å². The van der Waals surface area contributed by atoms with E-state index in [4.69, 9.17) is 11.6 Å². The van der Waals surface area contributed by atoms with Crippen LogP contribution in [-0.4, -0.2) is 18.3 Å². The van der Waals surface area contributed by atoms with Crippen molar-refractivity contribution in [2.24, 2.45) is 5.41 Å². The highest BCUT2D eigenvalue weighted by Gasteiger charge is 2.19. The molecule has 2 nitrogen and oxygen atoms in total. The number of nitrogens with one attached hydrogen (secondary N) is 1. The van der Waals surface area contributed by atoms with Crippen LogP contribution >= 0.6 is 27.5 Å². The molecule has 0 saturated heterocycles. The summed E-state index contributed by atoms with van der Waals surface area (Å²) in [6.07, 6.45) is 1.98. The van der Waals surface area contributed by atoms with Crippen LogP contribution in [0.3, 0.4) is 0 Å². The first-order chi connectivity index (χ1) is 8.85. The van der Waals surface area contributed by atoms with E-state index in [0.717, 1.165) is 22.9 Å². The van der Waals surface area contributed by atoms with Crippen molar-refractivity contribution in [1.29, 1.82) is 0 Å². The minimum atomic E-state index is -0.0328. The number of halogens is 2. The van der Waals surface area contributed by atoms with Gasteiger partial charge in [-0.15, -0.1) is 11.6 Å². The topological polar surface area (TPSA) is 29.1 Å². The second-order valence-corrected chi connectivity index (χ2v) is 6.86. The number of amides is 1. The number of benzene rings is 1. The second-order valence-electron chi connectivity index (χ2n) is 5.62. The number of aryl methyl sites for hydroxylation is 1. The predicted molar refractivity (Wildman–Crippen MR) is 84.9 cm³/mol. The normalized spacial score (nSPS) is 11.4. The zero-order chi connectivity index (χ0) is 14.5. The average Bonchev–Trinajstić information content (AvgIpc) is 2.36. The average molecular weight is 347 g/mol. The van der Waals surface area contributed by atoms with Crippen molar-refractivity contribution in [3.05, 3.63) is 33.8 Å². The van der Waals surface area contributed by atoms with Gasteiger partial charge < -0.3 is 5.32 Å². The summed E-state index contributed by atoms with van der Waals surface area (Å²) in [5.41, 5.74) is 1.84. The lowest BCUT2D eigenvalue weighted by molar-refractivity contribution is 0.0933. The van der Waals surface area contributed by atoms with Gasteiger partial charge in [0.2, 0.25) is 0 Å². The number of carbonyl (C=O) groups excluding carboxylic acids is 1. The summed E-state index contributed by atoms with van der Waals surface area (Å²) in [5.74, 6) is 0.635. The molecule has 4 heteroatoms. The fraction of sp³-hybridized carbons (Fsp3) is 0.533. The zero-order valence-electron chi connectivity index (χ0n) is 11.7. The molecule has 0 bridgehead atoms. The molecule has 1 N–H and O–H groups in total. The first-order valence-corrected chi connectivity index (χ1v) is 7.79. The van der Waals surface area contributed by atoms with E-state index in [2.05, 4.69) is 35.1 Å². The summed E-state index contributed by atoms with van der Waals surface area (Å²) in [6.45, 7) is 6.92. The first-order valence-electron chi connectivity index (χ1n) is 6.46. The van der Waals surface area contributed by atoms with Crippen LogP contribution in [-0.2, 0) is 0 Å². The Labute approximate surface area is 129 Å². The number of alkyl halides is 1. The molecule has 0 fully saturated rings. The van der Waals surface area contributed by atoms with E-state index in [1.54, 1.807) is 0 Å². The summed E-state index contributed by atoms with van der Waals surface area (Å²) >= 11 is 9.13. The van der Waals surface area contributed by atoms with Gasteiger partial charge in [-0.3, -0.25) is 4.79 Å². The van der Waals surface area contributed by atoms with E-state index in [0.29, 0.717) is 18.0 Å². The van der Waals surface area contributed by atoms with Gasteiger partial charge in [0.25, 0.3) is 5.91 Å². The minimum Gasteiger partial charge on any atom is -0.351 e. The quantitative estimate of drug-likeness (QED) is 0.753. The van der Waals surface area contributed by atoms with Crippen molar-refractivity contribution in [3.63, 3.8) is 0 Å². The van der Waals surface area contributed by atoms with E-state index in [-0.39, 0.29) is 11.3 Å². The lowest BCUT2D eigenvalue weighted by atomic mass is 9.88. The Morgan fingerprint density at radius 3 is 2.74 bits per heavy atom. The molecule has 0 spiro atoms. The lowest BCUT2D eigenvalue weighted by Gasteiger charge is -2.24. The Morgan fingerprint density at radius 2 is 2.11 bits per heavy atom. The van der Waals surface area contributed by atoms with Crippen LogP contribution in [0.15, 0.2) is 22.7 Å². The molecule has 1 rings (SSSR count). The van der Waals surface area contributed by atoms with Crippen molar-refractivity contribution in [2.45, 2.75) is 33.6 Å². The molecule has 0 radical (unpaired) electrons. The molecule has 0 atom stereocenters. The third-order valence-electron chi connectivity index (χ3n) is 3.08. The van der Waals surface area contributed by atoms with Crippen molar-refractivity contribution in [3.8, 4) is 0 Å². The van der Waals surface area contributed by atoms with E-state index >= 15 is 0 Å². The van der Waals surface area contributed by atoms with Gasteiger partial charge >= 0.3 is 0 Å². The molecule has 0 unspecified atom stereocenters. The van der Waals surface area contributed by atoms with E-state index < -0.39 is 0 Å². The highest BCUT2D eigenvalue weighted by atomic mass is 79.9. The zero-order valence-corrected chi connectivity index (χ0v) is 14.1. The Balaban J connectivity index is 2.62. The Bertz CT molecular complexity index is 446. The summed E-state index contributed by atoms with van der Waals surface area (Å²) in [7, 11) is 0. The number of hydrogen-bond acceptors (Lipinski definition) is 1. The highest BCUT2D eigenvalue weighted by molar-refractivity contribution is 9.10. The highest BCUT2D eigenvalue weighted by Crippen LogP contribution is 2.22. The first kappa shape index (κ1) is 16.5. The molecular weight excluding hydrogens is 326 g/mol. The van der Waals surface area contributed by atoms with Gasteiger partial charge in [0.15, 0.2) is 0 Å². The SMILES string of the molecule is Cc1ccc(Br)c(C(=O)NCC(C)(C)CCCCl)c1. The Hall–Kier alpha value is -0.540. The molecule has 0 aromatic heterocycles. The van der Waals surface area contributed by atoms with Gasteiger partial charge in [-0.25, -0.2) is 0 Å². The van der Waals surface area contributed by atoms with Crippen molar-refractivity contribution >= 4 is 33.4 Å². The van der Waals surface area contributed by atoms with E-state index in [9.17, 15) is 4.79 Å². The minimum absolute atomic E-state index is 0.0328. The smallest absolute Gasteiger partial charge is 0.252 e. The van der Waals surface area contributed by atoms with Crippen molar-refractivity contribution in [1.82, 2.24) is 5.32 Å². The summed E-state index contributed by atoms with van der Waals surface area (Å²) in [4.78, 5) is 12.2. The molecule has 1 amide bonds.